The Morgan fingerprint density at radius 1 is 1.62 bits per heavy atom. The maximum atomic E-state index is 4.46. The van der Waals surface area contributed by atoms with Gasteiger partial charge in [-0.3, -0.25) is 0 Å². The summed E-state index contributed by atoms with van der Waals surface area (Å²) in [6.07, 6.45) is 3.08. The highest BCUT2D eigenvalue weighted by Gasteiger charge is 2.21. The van der Waals surface area contributed by atoms with Gasteiger partial charge in [0, 0.05) is 30.7 Å². The molecule has 1 N–H and O–H groups in total. The highest BCUT2D eigenvalue weighted by Crippen LogP contribution is 2.23. The van der Waals surface area contributed by atoms with Crippen molar-refractivity contribution < 1.29 is 0 Å². The van der Waals surface area contributed by atoms with Gasteiger partial charge in [0.2, 0.25) is 0 Å². The third kappa shape index (κ3) is 1.37. The molecule has 1 aromatic heterocycles. The summed E-state index contributed by atoms with van der Waals surface area (Å²) in [6.45, 7) is 7.66. The molecule has 13 heavy (non-hydrogen) atoms. The van der Waals surface area contributed by atoms with Crippen molar-refractivity contribution >= 4 is 0 Å². The maximum Gasteiger partial charge on any atom is 0.0954 e. The Morgan fingerprint density at radius 3 is 3.08 bits per heavy atom. The Hall–Kier alpha value is -0.830. The SMILES string of the molecule is CC1NCCc2c1ncn2C(C)C. The molecule has 72 valence electrons. The lowest BCUT2D eigenvalue weighted by Crippen LogP contribution is -2.29. The fraction of sp³-hybridized carbons (Fsp3) is 0.700. The van der Waals surface area contributed by atoms with Gasteiger partial charge >= 0.3 is 0 Å². The van der Waals surface area contributed by atoms with Crippen molar-refractivity contribution in [3.63, 3.8) is 0 Å². The first kappa shape index (κ1) is 8.75. The van der Waals surface area contributed by atoms with Crippen LogP contribution in [0, 0.1) is 0 Å². The van der Waals surface area contributed by atoms with E-state index in [0.29, 0.717) is 12.1 Å². The highest BCUT2D eigenvalue weighted by atomic mass is 15.1. The Bertz CT molecular complexity index is 288. The van der Waals surface area contributed by atoms with Crippen LogP contribution in [0.3, 0.4) is 0 Å². The lowest BCUT2D eigenvalue weighted by molar-refractivity contribution is 0.497. The zero-order valence-electron chi connectivity index (χ0n) is 8.54. The topological polar surface area (TPSA) is 29.9 Å². The van der Waals surface area contributed by atoms with Crippen LogP contribution < -0.4 is 5.32 Å². The predicted octanol–water partition coefficient (Wildman–Crippen LogP) is 1.67. The van der Waals surface area contributed by atoms with Crippen molar-refractivity contribution in [3.05, 3.63) is 17.7 Å². The zero-order valence-corrected chi connectivity index (χ0v) is 8.54. The van der Waals surface area contributed by atoms with E-state index in [9.17, 15) is 0 Å². The molecule has 2 rings (SSSR count). The molecule has 0 radical (unpaired) electrons. The van der Waals surface area contributed by atoms with Gasteiger partial charge in [0.15, 0.2) is 0 Å². The van der Waals surface area contributed by atoms with E-state index in [1.54, 1.807) is 0 Å². The van der Waals surface area contributed by atoms with E-state index >= 15 is 0 Å². The van der Waals surface area contributed by atoms with Crippen LogP contribution >= 0.6 is 0 Å². The van der Waals surface area contributed by atoms with Crippen molar-refractivity contribution in [1.82, 2.24) is 14.9 Å². The van der Waals surface area contributed by atoms with Crippen molar-refractivity contribution in [1.29, 1.82) is 0 Å². The predicted molar refractivity (Wildman–Crippen MR) is 52.7 cm³/mol. The second-order valence-corrected chi connectivity index (χ2v) is 4.00. The molecule has 0 spiro atoms. The van der Waals surface area contributed by atoms with Gasteiger partial charge in [-0.1, -0.05) is 0 Å². The van der Waals surface area contributed by atoms with E-state index in [1.807, 2.05) is 6.33 Å². The lowest BCUT2D eigenvalue weighted by Gasteiger charge is -2.22. The molecular weight excluding hydrogens is 162 g/mol. The molecule has 1 unspecified atom stereocenters. The third-order valence-corrected chi connectivity index (χ3v) is 2.71. The average Bonchev–Trinajstić information content (AvgIpc) is 2.48. The quantitative estimate of drug-likeness (QED) is 0.710. The van der Waals surface area contributed by atoms with Crippen LogP contribution in [0.15, 0.2) is 6.33 Å². The van der Waals surface area contributed by atoms with Gasteiger partial charge in [-0.15, -0.1) is 0 Å². The number of hydrogen-bond donors (Lipinski definition) is 1. The Labute approximate surface area is 79.2 Å². The number of imidazole rings is 1. The summed E-state index contributed by atoms with van der Waals surface area (Å²) in [6, 6.07) is 0.949. The number of rotatable bonds is 1. The molecular formula is C10H17N3. The number of hydrogen-bond acceptors (Lipinski definition) is 2. The first-order chi connectivity index (χ1) is 6.20. The molecule has 0 aromatic carbocycles. The Morgan fingerprint density at radius 2 is 2.38 bits per heavy atom. The summed E-state index contributed by atoms with van der Waals surface area (Å²) in [5.41, 5.74) is 2.65. The van der Waals surface area contributed by atoms with Gasteiger partial charge in [-0.25, -0.2) is 4.98 Å². The van der Waals surface area contributed by atoms with Crippen LogP contribution in [0.25, 0.3) is 0 Å². The van der Waals surface area contributed by atoms with E-state index < -0.39 is 0 Å². The second-order valence-electron chi connectivity index (χ2n) is 4.00. The Balaban J connectivity index is 2.41. The van der Waals surface area contributed by atoms with Gasteiger partial charge in [0.1, 0.15) is 0 Å². The third-order valence-electron chi connectivity index (χ3n) is 2.71. The summed E-state index contributed by atoms with van der Waals surface area (Å²) < 4.78 is 2.28. The number of nitrogens with one attached hydrogen (secondary N) is 1. The van der Waals surface area contributed by atoms with E-state index in [1.165, 1.54) is 11.4 Å². The largest absolute Gasteiger partial charge is 0.332 e. The second kappa shape index (κ2) is 3.14. The molecule has 0 aliphatic carbocycles. The van der Waals surface area contributed by atoms with E-state index in [4.69, 9.17) is 0 Å². The van der Waals surface area contributed by atoms with Gasteiger partial charge < -0.3 is 9.88 Å². The molecule has 3 nitrogen and oxygen atoms in total. The maximum absolute atomic E-state index is 4.46. The first-order valence-corrected chi connectivity index (χ1v) is 4.99. The average molecular weight is 179 g/mol. The smallest absolute Gasteiger partial charge is 0.0954 e. The van der Waals surface area contributed by atoms with Crippen LogP contribution in [0.5, 0.6) is 0 Å². The summed E-state index contributed by atoms with van der Waals surface area (Å²) in [7, 11) is 0. The Kier molecular flexibility index (Phi) is 2.12. The fourth-order valence-electron chi connectivity index (χ4n) is 1.97. The number of fused-ring (bicyclic) bond motifs is 1. The number of nitrogens with zero attached hydrogens (tertiary/aromatic N) is 2. The molecule has 1 aliphatic rings. The van der Waals surface area contributed by atoms with Gasteiger partial charge in [0.05, 0.1) is 12.0 Å². The van der Waals surface area contributed by atoms with Crippen molar-refractivity contribution in [3.8, 4) is 0 Å². The lowest BCUT2D eigenvalue weighted by atomic mass is 10.1. The van der Waals surface area contributed by atoms with E-state index in [2.05, 4.69) is 35.6 Å². The van der Waals surface area contributed by atoms with Crippen LogP contribution in [-0.2, 0) is 6.42 Å². The molecule has 3 heteroatoms. The van der Waals surface area contributed by atoms with Crippen molar-refractivity contribution in [2.24, 2.45) is 0 Å². The number of aromatic nitrogens is 2. The normalized spacial score (nSPS) is 22.0. The van der Waals surface area contributed by atoms with Crippen LogP contribution in [0.2, 0.25) is 0 Å². The zero-order chi connectivity index (χ0) is 9.42. The van der Waals surface area contributed by atoms with Crippen molar-refractivity contribution in [2.75, 3.05) is 6.54 Å². The van der Waals surface area contributed by atoms with Crippen molar-refractivity contribution in [2.45, 2.75) is 39.3 Å². The van der Waals surface area contributed by atoms with Crippen LogP contribution in [-0.4, -0.2) is 16.1 Å². The highest BCUT2D eigenvalue weighted by molar-refractivity contribution is 5.20. The first-order valence-electron chi connectivity index (χ1n) is 4.99. The summed E-state index contributed by atoms with van der Waals surface area (Å²) in [4.78, 5) is 4.46. The molecule has 0 saturated carbocycles. The van der Waals surface area contributed by atoms with E-state index in [-0.39, 0.29) is 0 Å². The summed E-state index contributed by atoms with van der Waals surface area (Å²) >= 11 is 0. The molecule has 0 bridgehead atoms. The fourth-order valence-corrected chi connectivity index (χ4v) is 1.97. The minimum absolute atomic E-state index is 0.420. The minimum atomic E-state index is 0.420. The molecule has 1 atom stereocenters. The summed E-state index contributed by atoms with van der Waals surface area (Å²) in [5.74, 6) is 0. The van der Waals surface area contributed by atoms with Gasteiger partial charge in [-0.05, 0) is 20.8 Å². The van der Waals surface area contributed by atoms with Gasteiger partial charge in [0.25, 0.3) is 0 Å². The molecule has 0 amide bonds. The molecule has 2 heterocycles. The molecule has 0 fully saturated rings. The monoisotopic (exact) mass is 179 g/mol. The molecule has 1 aromatic rings. The van der Waals surface area contributed by atoms with Gasteiger partial charge in [-0.2, -0.15) is 0 Å². The van der Waals surface area contributed by atoms with Crippen LogP contribution in [0.4, 0.5) is 0 Å². The molecule has 1 aliphatic heterocycles. The standard InChI is InChI=1S/C10H17N3/c1-7(2)13-6-12-10-8(3)11-5-4-9(10)13/h6-8,11H,4-5H2,1-3H3. The molecule has 0 saturated heterocycles. The summed E-state index contributed by atoms with van der Waals surface area (Å²) in [5, 5.41) is 3.41. The van der Waals surface area contributed by atoms with Crippen LogP contribution in [0.1, 0.15) is 44.2 Å². The van der Waals surface area contributed by atoms with E-state index in [0.717, 1.165) is 13.0 Å². The minimum Gasteiger partial charge on any atom is -0.332 e.